The van der Waals surface area contributed by atoms with Crippen LogP contribution in [0.2, 0.25) is 0 Å². The van der Waals surface area contributed by atoms with Gasteiger partial charge in [-0.15, -0.1) is 0 Å². The molecule has 1 aliphatic heterocycles. The molecular weight excluding hydrogens is 193 g/mol. The summed E-state index contributed by atoms with van der Waals surface area (Å²) in [5.74, 6) is -0.157. The lowest BCUT2D eigenvalue weighted by molar-refractivity contribution is -0.135. The van der Waals surface area contributed by atoms with Crippen LogP contribution in [0.15, 0.2) is 0 Å². The van der Waals surface area contributed by atoms with Crippen molar-refractivity contribution in [2.75, 3.05) is 26.4 Å². The Kier molecular flexibility index (Phi) is 3.82. The third-order valence-corrected chi connectivity index (χ3v) is 2.04. The summed E-state index contributed by atoms with van der Waals surface area (Å²) in [5, 5.41) is 8.65. The van der Waals surface area contributed by atoms with E-state index in [1.807, 2.05) is 0 Å². The molecule has 1 amide bonds. The molecule has 14 heavy (non-hydrogen) atoms. The van der Waals surface area contributed by atoms with Crippen LogP contribution < -0.4 is 0 Å². The Morgan fingerprint density at radius 3 is 3.00 bits per heavy atom. The predicted octanol–water partition coefficient (Wildman–Crippen LogP) is 0.294. The average Bonchev–Trinajstić information content (AvgIpc) is 2.16. The summed E-state index contributed by atoms with van der Waals surface area (Å²) in [6, 6.07) is 0. The molecule has 0 aromatic rings. The van der Waals surface area contributed by atoms with Crippen LogP contribution in [0.5, 0.6) is 0 Å². The van der Waals surface area contributed by atoms with E-state index in [2.05, 4.69) is 0 Å². The van der Waals surface area contributed by atoms with Crippen molar-refractivity contribution in [3.05, 3.63) is 0 Å². The molecule has 1 N–H and O–H groups in total. The number of halogens is 1. The number of carbonyl (C=O) groups excluding carboxylic acids is 1. The van der Waals surface area contributed by atoms with E-state index in [9.17, 15) is 14.0 Å². The first-order valence-corrected chi connectivity index (χ1v) is 4.33. The van der Waals surface area contributed by atoms with Crippen LogP contribution in [0.25, 0.3) is 0 Å². The number of hydrogen-bond donors (Lipinski definition) is 1. The van der Waals surface area contributed by atoms with Gasteiger partial charge in [-0.1, -0.05) is 0 Å². The number of nitrogens with zero attached hydrogens (tertiary/aromatic N) is 1. The van der Waals surface area contributed by atoms with Gasteiger partial charge in [0.15, 0.2) is 5.78 Å². The molecule has 0 aromatic heterocycles. The summed E-state index contributed by atoms with van der Waals surface area (Å²) < 4.78 is 16.7. The van der Waals surface area contributed by atoms with Crippen molar-refractivity contribution in [3.63, 3.8) is 0 Å². The maximum atomic E-state index is 11.8. The van der Waals surface area contributed by atoms with Crippen LogP contribution in [0.1, 0.15) is 6.42 Å². The fraction of sp³-hybridized carbons (Fsp3) is 0.750. The normalized spacial score (nSPS) is 22.5. The molecular formula is C8H12FNO4. The van der Waals surface area contributed by atoms with Crippen LogP contribution in [-0.2, 0) is 9.53 Å². The molecule has 1 aliphatic rings. The van der Waals surface area contributed by atoms with Gasteiger partial charge in [0, 0.05) is 13.0 Å². The third-order valence-electron chi connectivity index (χ3n) is 2.04. The van der Waals surface area contributed by atoms with Gasteiger partial charge in [0.1, 0.15) is 12.8 Å². The van der Waals surface area contributed by atoms with Crippen LogP contribution in [0.4, 0.5) is 9.18 Å². The summed E-state index contributed by atoms with van der Waals surface area (Å²) in [4.78, 5) is 22.9. The number of piperidine rings is 1. The number of hydrogen-bond acceptors (Lipinski definition) is 3. The second-order valence-corrected chi connectivity index (χ2v) is 2.99. The van der Waals surface area contributed by atoms with Gasteiger partial charge >= 0.3 is 6.09 Å². The Bertz CT molecular complexity index is 233. The van der Waals surface area contributed by atoms with E-state index in [1.165, 1.54) is 0 Å². The van der Waals surface area contributed by atoms with Gasteiger partial charge in [-0.25, -0.2) is 9.18 Å². The van der Waals surface area contributed by atoms with E-state index >= 15 is 0 Å². The zero-order valence-electron chi connectivity index (χ0n) is 7.61. The van der Waals surface area contributed by atoms with Crippen molar-refractivity contribution >= 4 is 11.9 Å². The average molecular weight is 205 g/mol. The van der Waals surface area contributed by atoms with Crippen molar-refractivity contribution in [3.8, 4) is 0 Å². The summed E-state index contributed by atoms with van der Waals surface area (Å²) in [5.41, 5.74) is 0. The van der Waals surface area contributed by atoms with Crippen LogP contribution in [-0.4, -0.2) is 54.4 Å². The van der Waals surface area contributed by atoms with E-state index in [4.69, 9.17) is 9.84 Å². The van der Waals surface area contributed by atoms with E-state index in [-0.39, 0.29) is 31.9 Å². The lowest BCUT2D eigenvalue weighted by Crippen LogP contribution is -2.47. The molecule has 0 aromatic carbocycles. The smallest absolute Gasteiger partial charge is 0.407 e. The standard InChI is InChI=1S/C8H12FNO4/c9-2-4-14-7-5-10(8(12)13)3-1-6(7)11/h7H,1-5H2,(H,12,13). The zero-order valence-corrected chi connectivity index (χ0v) is 7.61. The van der Waals surface area contributed by atoms with E-state index in [0.29, 0.717) is 0 Å². The number of ether oxygens (including phenoxy) is 1. The minimum Gasteiger partial charge on any atom is -0.465 e. The number of likely N-dealkylation sites (tertiary alicyclic amines) is 1. The first kappa shape index (κ1) is 10.9. The topological polar surface area (TPSA) is 66.8 Å². The van der Waals surface area contributed by atoms with Crippen LogP contribution >= 0.6 is 0 Å². The molecule has 1 rings (SSSR count). The van der Waals surface area contributed by atoms with E-state index in [0.717, 1.165) is 4.90 Å². The number of rotatable bonds is 3. The molecule has 1 heterocycles. The first-order valence-electron chi connectivity index (χ1n) is 4.33. The molecule has 0 saturated carbocycles. The second-order valence-electron chi connectivity index (χ2n) is 2.99. The highest BCUT2D eigenvalue weighted by atomic mass is 19.1. The number of carboxylic acid groups (broad SMARTS) is 1. The van der Waals surface area contributed by atoms with Crippen molar-refractivity contribution in [2.24, 2.45) is 0 Å². The Hall–Kier alpha value is -1.17. The molecule has 0 aliphatic carbocycles. The van der Waals surface area contributed by atoms with Gasteiger partial charge < -0.3 is 14.7 Å². The predicted molar refractivity (Wildman–Crippen MR) is 44.9 cm³/mol. The number of alkyl halides is 1. The van der Waals surface area contributed by atoms with E-state index < -0.39 is 18.9 Å². The van der Waals surface area contributed by atoms with Crippen molar-refractivity contribution in [2.45, 2.75) is 12.5 Å². The molecule has 1 saturated heterocycles. The molecule has 0 bridgehead atoms. The summed E-state index contributed by atoms with van der Waals surface area (Å²) in [7, 11) is 0. The first-order chi connectivity index (χ1) is 6.65. The summed E-state index contributed by atoms with van der Waals surface area (Å²) in [6.07, 6.45) is -1.73. The van der Waals surface area contributed by atoms with Gasteiger partial charge in [0.25, 0.3) is 0 Å². The van der Waals surface area contributed by atoms with Crippen molar-refractivity contribution in [1.82, 2.24) is 4.90 Å². The number of Topliss-reactive ketones (excluding diaryl/α,β-unsaturated/α-hetero) is 1. The fourth-order valence-corrected chi connectivity index (χ4v) is 1.31. The third kappa shape index (κ3) is 2.66. The molecule has 1 unspecified atom stereocenters. The maximum Gasteiger partial charge on any atom is 0.407 e. The fourth-order valence-electron chi connectivity index (χ4n) is 1.31. The lowest BCUT2D eigenvalue weighted by atomic mass is 10.1. The number of amides is 1. The zero-order chi connectivity index (χ0) is 10.6. The Morgan fingerprint density at radius 1 is 1.71 bits per heavy atom. The van der Waals surface area contributed by atoms with Gasteiger partial charge in [0.2, 0.25) is 0 Å². The van der Waals surface area contributed by atoms with E-state index in [1.54, 1.807) is 0 Å². The molecule has 5 nitrogen and oxygen atoms in total. The molecule has 1 atom stereocenters. The quantitative estimate of drug-likeness (QED) is 0.719. The molecule has 1 fully saturated rings. The maximum absolute atomic E-state index is 11.8. The largest absolute Gasteiger partial charge is 0.465 e. The highest BCUT2D eigenvalue weighted by Crippen LogP contribution is 2.10. The van der Waals surface area contributed by atoms with Crippen molar-refractivity contribution in [1.29, 1.82) is 0 Å². The van der Waals surface area contributed by atoms with Crippen molar-refractivity contribution < 1.29 is 23.8 Å². The highest BCUT2D eigenvalue weighted by molar-refractivity contribution is 5.85. The molecule has 0 radical (unpaired) electrons. The monoisotopic (exact) mass is 205 g/mol. The minimum absolute atomic E-state index is 0.00810. The SMILES string of the molecule is O=C1CCN(C(=O)O)CC1OCCF. The lowest BCUT2D eigenvalue weighted by Gasteiger charge is -2.29. The Labute approximate surface area is 80.4 Å². The summed E-state index contributed by atoms with van der Waals surface area (Å²) >= 11 is 0. The second kappa shape index (κ2) is 4.90. The van der Waals surface area contributed by atoms with Crippen LogP contribution in [0.3, 0.4) is 0 Å². The minimum atomic E-state index is -1.08. The summed E-state index contributed by atoms with van der Waals surface area (Å²) in [6.45, 7) is -0.626. The Balaban J connectivity index is 2.46. The molecule has 6 heteroatoms. The molecule has 0 spiro atoms. The van der Waals surface area contributed by atoms with Gasteiger partial charge in [-0.05, 0) is 0 Å². The highest BCUT2D eigenvalue weighted by Gasteiger charge is 2.30. The van der Waals surface area contributed by atoms with Gasteiger partial charge in [-0.3, -0.25) is 4.79 Å². The number of carbonyl (C=O) groups is 2. The van der Waals surface area contributed by atoms with Gasteiger partial charge in [-0.2, -0.15) is 0 Å². The van der Waals surface area contributed by atoms with Gasteiger partial charge in [0.05, 0.1) is 13.2 Å². The number of ketones is 1. The Morgan fingerprint density at radius 2 is 2.43 bits per heavy atom. The van der Waals surface area contributed by atoms with Crippen LogP contribution in [0, 0.1) is 0 Å². The molecule has 80 valence electrons.